The molecule has 1 fully saturated rings. The van der Waals surface area contributed by atoms with Crippen LogP contribution in [0.15, 0.2) is 29.2 Å². The van der Waals surface area contributed by atoms with E-state index in [1.165, 1.54) is 36.1 Å². The van der Waals surface area contributed by atoms with Crippen molar-refractivity contribution in [2.24, 2.45) is 0 Å². The number of hydrogen-bond acceptors (Lipinski definition) is 5. The van der Waals surface area contributed by atoms with Crippen LogP contribution < -0.4 is 4.72 Å². The van der Waals surface area contributed by atoms with E-state index in [-0.39, 0.29) is 35.8 Å². The van der Waals surface area contributed by atoms with Crippen LogP contribution in [-0.4, -0.2) is 57.9 Å². The first-order valence-electron chi connectivity index (χ1n) is 6.76. The summed E-state index contributed by atoms with van der Waals surface area (Å²) in [7, 11) is -2.03. The molecule has 1 aliphatic rings. The van der Waals surface area contributed by atoms with Crippen LogP contribution in [0, 0.1) is 0 Å². The van der Waals surface area contributed by atoms with E-state index in [2.05, 4.69) is 4.72 Å². The minimum atomic E-state index is -3.68. The minimum Gasteiger partial charge on any atom is -0.365 e. The number of benzene rings is 1. The molecule has 22 heavy (non-hydrogen) atoms. The highest BCUT2D eigenvalue weighted by Gasteiger charge is 2.25. The molecule has 7 nitrogen and oxygen atoms in total. The van der Waals surface area contributed by atoms with E-state index in [0.29, 0.717) is 12.1 Å². The zero-order valence-electron chi connectivity index (χ0n) is 12.4. The molecule has 0 spiro atoms. The number of carbonyl (C=O) groups is 2. The second-order valence-corrected chi connectivity index (χ2v) is 6.91. The topological polar surface area (TPSA) is 92.8 Å². The highest BCUT2D eigenvalue weighted by Crippen LogP contribution is 2.12. The normalized spacial score (nSPS) is 19.3. The number of carbonyl (C=O) groups excluding carboxylic acids is 2. The molecule has 0 bridgehead atoms. The number of ketones is 1. The largest absolute Gasteiger partial charge is 0.365 e. The number of likely N-dealkylation sites (N-methyl/N-ethyl adjacent to an activating group) is 1. The van der Waals surface area contributed by atoms with Crippen molar-refractivity contribution < 1.29 is 22.7 Å². The van der Waals surface area contributed by atoms with Crippen molar-refractivity contribution in [2.45, 2.75) is 17.9 Å². The van der Waals surface area contributed by atoms with Crippen LogP contribution in [0.25, 0.3) is 0 Å². The van der Waals surface area contributed by atoms with E-state index in [0.717, 1.165) is 0 Å². The highest BCUT2D eigenvalue weighted by molar-refractivity contribution is 7.89. The van der Waals surface area contributed by atoms with Gasteiger partial charge in [-0.05, 0) is 19.1 Å². The lowest BCUT2D eigenvalue weighted by Gasteiger charge is -2.29. The first kappa shape index (κ1) is 16.6. The summed E-state index contributed by atoms with van der Waals surface area (Å²) < 4.78 is 32.1. The van der Waals surface area contributed by atoms with Crippen molar-refractivity contribution in [3.63, 3.8) is 0 Å². The van der Waals surface area contributed by atoms with Crippen molar-refractivity contribution in [1.82, 2.24) is 9.62 Å². The maximum Gasteiger partial charge on any atom is 0.248 e. The average molecular weight is 326 g/mol. The van der Waals surface area contributed by atoms with Crippen LogP contribution in [0.5, 0.6) is 0 Å². The standard InChI is InChI=1S/C14H18N2O5S/c1-10(17)11-3-5-13(6-4-11)22(19,20)15-7-12-8-16(2)14(18)9-21-12/h3-6,12,15H,7-9H2,1-2H3. The molecule has 120 valence electrons. The maximum absolute atomic E-state index is 12.2. The summed E-state index contributed by atoms with van der Waals surface area (Å²) in [5, 5.41) is 0. The molecule has 0 aromatic heterocycles. The Hall–Kier alpha value is -1.77. The van der Waals surface area contributed by atoms with Gasteiger partial charge >= 0.3 is 0 Å². The van der Waals surface area contributed by atoms with Gasteiger partial charge in [0.05, 0.1) is 11.0 Å². The third kappa shape index (κ3) is 3.90. The molecule has 1 aliphatic heterocycles. The van der Waals surface area contributed by atoms with Gasteiger partial charge in [-0.3, -0.25) is 9.59 Å². The van der Waals surface area contributed by atoms with Gasteiger partial charge in [0.15, 0.2) is 5.78 Å². The molecular weight excluding hydrogens is 308 g/mol. The van der Waals surface area contributed by atoms with Gasteiger partial charge in [-0.1, -0.05) is 12.1 Å². The van der Waals surface area contributed by atoms with Gasteiger partial charge in [-0.15, -0.1) is 0 Å². The Morgan fingerprint density at radius 1 is 1.36 bits per heavy atom. The maximum atomic E-state index is 12.2. The molecule has 1 aromatic rings. The van der Waals surface area contributed by atoms with Crippen LogP contribution in [0.4, 0.5) is 0 Å². The van der Waals surface area contributed by atoms with Gasteiger partial charge in [-0.25, -0.2) is 13.1 Å². The zero-order valence-corrected chi connectivity index (χ0v) is 13.2. The molecule has 2 rings (SSSR count). The first-order chi connectivity index (χ1) is 10.3. The number of nitrogens with one attached hydrogen (secondary N) is 1. The predicted octanol–water partition coefficient (Wildman–Crippen LogP) is 0.0247. The lowest BCUT2D eigenvalue weighted by molar-refractivity contribution is -0.146. The molecule has 1 N–H and O–H groups in total. The minimum absolute atomic E-state index is 0.0454. The summed E-state index contributed by atoms with van der Waals surface area (Å²) in [6, 6.07) is 5.72. The number of rotatable bonds is 5. The van der Waals surface area contributed by atoms with Gasteiger partial charge < -0.3 is 9.64 Å². The molecule has 1 heterocycles. The van der Waals surface area contributed by atoms with Crippen LogP contribution in [0.2, 0.25) is 0 Å². The molecule has 8 heteroatoms. The number of sulfonamides is 1. The van der Waals surface area contributed by atoms with E-state index in [4.69, 9.17) is 4.74 Å². The van der Waals surface area contributed by atoms with Crippen molar-refractivity contribution in [2.75, 3.05) is 26.7 Å². The number of Topliss-reactive ketones (excluding diaryl/α,β-unsaturated/α-hetero) is 1. The quantitative estimate of drug-likeness (QED) is 0.770. The van der Waals surface area contributed by atoms with Gasteiger partial charge in [0.1, 0.15) is 6.61 Å². The third-order valence-electron chi connectivity index (χ3n) is 3.42. The summed E-state index contributed by atoms with van der Waals surface area (Å²) >= 11 is 0. The van der Waals surface area contributed by atoms with Crippen molar-refractivity contribution in [3.05, 3.63) is 29.8 Å². The third-order valence-corrected chi connectivity index (χ3v) is 4.86. The molecule has 1 amide bonds. The Labute approximate surface area is 129 Å². The second-order valence-electron chi connectivity index (χ2n) is 5.14. The Kier molecular flexibility index (Phi) is 4.94. The molecule has 1 saturated heterocycles. The lowest BCUT2D eigenvalue weighted by Crippen LogP contribution is -2.48. The second kappa shape index (κ2) is 6.55. The van der Waals surface area contributed by atoms with E-state index in [9.17, 15) is 18.0 Å². The lowest BCUT2D eigenvalue weighted by atomic mass is 10.2. The monoisotopic (exact) mass is 326 g/mol. The Balaban J connectivity index is 1.99. The Morgan fingerprint density at radius 2 is 2.00 bits per heavy atom. The van der Waals surface area contributed by atoms with E-state index < -0.39 is 10.0 Å². The fourth-order valence-corrected chi connectivity index (χ4v) is 3.10. The number of morpholine rings is 1. The average Bonchev–Trinajstić information content (AvgIpc) is 2.48. The SMILES string of the molecule is CC(=O)c1ccc(S(=O)(=O)NCC2CN(C)C(=O)CO2)cc1. The molecule has 0 saturated carbocycles. The van der Waals surface area contributed by atoms with E-state index in [1.807, 2.05) is 0 Å². The van der Waals surface area contributed by atoms with Crippen molar-refractivity contribution in [3.8, 4) is 0 Å². The summed E-state index contributed by atoms with van der Waals surface area (Å²) in [6.45, 7) is 1.79. The smallest absolute Gasteiger partial charge is 0.248 e. The van der Waals surface area contributed by atoms with Crippen LogP contribution >= 0.6 is 0 Å². The van der Waals surface area contributed by atoms with Crippen LogP contribution in [-0.2, 0) is 19.6 Å². The molecule has 0 radical (unpaired) electrons. The zero-order chi connectivity index (χ0) is 16.3. The molecule has 1 aromatic carbocycles. The predicted molar refractivity (Wildman–Crippen MR) is 79.0 cm³/mol. The number of ether oxygens (including phenoxy) is 1. The molecule has 1 atom stereocenters. The molecule has 1 unspecified atom stereocenters. The molecular formula is C14H18N2O5S. The summed E-state index contributed by atoms with van der Waals surface area (Å²) in [5.74, 6) is -0.251. The van der Waals surface area contributed by atoms with Gasteiger partial charge in [0.25, 0.3) is 0 Å². The van der Waals surface area contributed by atoms with Crippen LogP contribution in [0.1, 0.15) is 17.3 Å². The van der Waals surface area contributed by atoms with E-state index >= 15 is 0 Å². The van der Waals surface area contributed by atoms with Gasteiger partial charge in [0, 0.05) is 25.7 Å². The van der Waals surface area contributed by atoms with Crippen molar-refractivity contribution >= 4 is 21.7 Å². The molecule has 0 aliphatic carbocycles. The highest BCUT2D eigenvalue weighted by atomic mass is 32.2. The van der Waals surface area contributed by atoms with Crippen molar-refractivity contribution in [1.29, 1.82) is 0 Å². The van der Waals surface area contributed by atoms with Crippen LogP contribution in [0.3, 0.4) is 0 Å². The fraction of sp³-hybridized carbons (Fsp3) is 0.429. The summed E-state index contributed by atoms with van der Waals surface area (Å²) in [4.78, 5) is 24.1. The summed E-state index contributed by atoms with van der Waals surface area (Å²) in [5.41, 5.74) is 0.453. The Morgan fingerprint density at radius 3 is 2.55 bits per heavy atom. The fourth-order valence-electron chi connectivity index (χ4n) is 2.04. The number of hydrogen-bond donors (Lipinski definition) is 1. The number of amides is 1. The van der Waals surface area contributed by atoms with E-state index in [1.54, 1.807) is 7.05 Å². The Bertz CT molecular complexity index is 669. The number of nitrogens with zero attached hydrogens (tertiary/aromatic N) is 1. The van der Waals surface area contributed by atoms with Gasteiger partial charge in [-0.2, -0.15) is 0 Å². The van der Waals surface area contributed by atoms with Gasteiger partial charge in [0.2, 0.25) is 15.9 Å². The summed E-state index contributed by atoms with van der Waals surface area (Å²) in [6.07, 6.45) is -0.381. The first-order valence-corrected chi connectivity index (χ1v) is 8.24.